The number of rotatable bonds is 2. The smallest absolute Gasteiger partial charge is 0.336 e. The molecule has 2 N–H and O–H groups in total. The molecule has 1 rings (SSSR count). The van der Waals surface area contributed by atoms with Gasteiger partial charge in [-0.1, -0.05) is 0 Å². The molecule has 16 heavy (non-hydrogen) atoms. The molecule has 0 aromatic carbocycles. The van der Waals surface area contributed by atoms with E-state index < -0.39 is 18.5 Å². The minimum atomic E-state index is -4.44. The number of halogens is 3. The van der Waals surface area contributed by atoms with Crippen LogP contribution in [-0.2, 0) is 4.79 Å². The molecule has 0 bridgehead atoms. The molecule has 0 spiro atoms. The number of likely N-dealkylation sites (N-methyl/N-ethyl adjacent to an activating group) is 1. The Morgan fingerprint density at radius 2 is 2.06 bits per heavy atom. The standard InChI is InChI=1S/C9H16F3N3O/c1-14-2-3-15(7(5-13)6-14)8(16)4-9(10,11)12/h7H,2-6,13H2,1H3/t7-/m1/s1. The largest absolute Gasteiger partial charge is 0.397 e. The van der Waals surface area contributed by atoms with E-state index in [9.17, 15) is 18.0 Å². The van der Waals surface area contributed by atoms with Crippen molar-refractivity contribution in [2.45, 2.75) is 18.6 Å². The van der Waals surface area contributed by atoms with Crippen molar-refractivity contribution in [3.63, 3.8) is 0 Å². The molecule has 0 aromatic heterocycles. The summed E-state index contributed by atoms with van der Waals surface area (Å²) in [5.41, 5.74) is 5.46. The van der Waals surface area contributed by atoms with Crippen LogP contribution in [0.3, 0.4) is 0 Å². The van der Waals surface area contributed by atoms with Crippen molar-refractivity contribution in [3.8, 4) is 0 Å². The summed E-state index contributed by atoms with van der Waals surface area (Å²) in [5.74, 6) is -0.879. The second-order valence-electron chi connectivity index (χ2n) is 4.03. The number of amides is 1. The minimum Gasteiger partial charge on any atom is -0.336 e. The third kappa shape index (κ3) is 3.64. The Kier molecular flexibility index (Phi) is 4.15. The SMILES string of the molecule is CN1CCN(C(=O)CC(F)(F)F)[C@H](CN)C1. The van der Waals surface area contributed by atoms with Gasteiger partial charge < -0.3 is 15.5 Å². The number of nitrogens with zero attached hydrogens (tertiary/aromatic N) is 2. The van der Waals surface area contributed by atoms with Gasteiger partial charge in [0.05, 0.1) is 6.04 Å². The van der Waals surface area contributed by atoms with Crippen LogP contribution in [0.2, 0.25) is 0 Å². The number of carbonyl (C=O) groups excluding carboxylic acids is 1. The third-order valence-corrected chi connectivity index (χ3v) is 2.63. The van der Waals surface area contributed by atoms with Gasteiger partial charge in [0, 0.05) is 26.2 Å². The zero-order chi connectivity index (χ0) is 12.3. The minimum absolute atomic E-state index is 0.188. The van der Waals surface area contributed by atoms with Crippen molar-refractivity contribution >= 4 is 5.91 Å². The van der Waals surface area contributed by atoms with Gasteiger partial charge in [-0.15, -0.1) is 0 Å². The van der Waals surface area contributed by atoms with E-state index in [1.807, 2.05) is 11.9 Å². The quantitative estimate of drug-likeness (QED) is 0.740. The first-order chi connectivity index (χ1) is 7.33. The predicted molar refractivity (Wildman–Crippen MR) is 52.7 cm³/mol. The Balaban J connectivity index is 2.60. The van der Waals surface area contributed by atoms with Gasteiger partial charge in [0.25, 0.3) is 0 Å². The van der Waals surface area contributed by atoms with Crippen LogP contribution in [0.15, 0.2) is 0 Å². The van der Waals surface area contributed by atoms with Crippen LogP contribution in [0.5, 0.6) is 0 Å². The maximum atomic E-state index is 12.1. The summed E-state index contributed by atoms with van der Waals surface area (Å²) in [7, 11) is 1.86. The summed E-state index contributed by atoms with van der Waals surface area (Å²) in [6.45, 7) is 1.61. The highest BCUT2D eigenvalue weighted by molar-refractivity contribution is 5.77. The monoisotopic (exact) mass is 239 g/mol. The molecule has 1 aliphatic rings. The van der Waals surface area contributed by atoms with E-state index in [-0.39, 0.29) is 12.6 Å². The third-order valence-electron chi connectivity index (χ3n) is 2.63. The molecular formula is C9H16F3N3O. The first-order valence-corrected chi connectivity index (χ1v) is 5.08. The predicted octanol–water partition coefficient (Wildman–Crippen LogP) is 0.0401. The molecule has 1 fully saturated rings. The van der Waals surface area contributed by atoms with Crippen molar-refractivity contribution in [3.05, 3.63) is 0 Å². The lowest BCUT2D eigenvalue weighted by Crippen LogP contribution is -2.57. The van der Waals surface area contributed by atoms with E-state index in [0.717, 1.165) is 0 Å². The van der Waals surface area contributed by atoms with Crippen molar-refractivity contribution in [1.29, 1.82) is 0 Å². The molecule has 0 aromatic rings. The highest BCUT2D eigenvalue weighted by Crippen LogP contribution is 2.22. The summed E-state index contributed by atoms with van der Waals surface area (Å²) < 4.78 is 36.2. The number of carbonyl (C=O) groups is 1. The number of hydrogen-bond donors (Lipinski definition) is 1. The Morgan fingerprint density at radius 1 is 1.44 bits per heavy atom. The summed E-state index contributed by atoms with van der Waals surface area (Å²) in [4.78, 5) is 14.6. The van der Waals surface area contributed by atoms with Crippen LogP contribution in [0, 0.1) is 0 Å². The van der Waals surface area contributed by atoms with Crippen molar-refractivity contribution < 1.29 is 18.0 Å². The maximum Gasteiger partial charge on any atom is 0.397 e. The average Bonchev–Trinajstić information content (AvgIpc) is 2.14. The molecule has 94 valence electrons. The molecular weight excluding hydrogens is 223 g/mol. The Bertz CT molecular complexity index is 257. The number of hydrogen-bond acceptors (Lipinski definition) is 3. The second kappa shape index (κ2) is 5.01. The molecule has 0 aliphatic carbocycles. The van der Waals surface area contributed by atoms with E-state index in [1.54, 1.807) is 0 Å². The molecule has 1 heterocycles. The summed E-state index contributed by atoms with van der Waals surface area (Å²) in [5, 5.41) is 0. The van der Waals surface area contributed by atoms with E-state index in [1.165, 1.54) is 4.90 Å². The Labute approximate surface area is 92.2 Å². The molecule has 1 amide bonds. The van der Waals surface area contributed by atoms with Crippen molar-refractivity contribution in [1.82, 2.24) is 9.80 Å². The molecule has 7 heteroatoms. The highest BCUT2D eigenvalue weighted by Gasteiger charge is 2.36. The molecule has 0 radical (unpaired) electrons. The maximum absolute atomic E-state index is 12.1. The Hall–Kier alpha value is -0.820. The van der Waals surface area contributed by atoms with Gasteiger partial charge in [0.1, 0.15) is 6.42 Å². The van der Waals surface area contributed by atoms with Gasteiger partial charge in [-0.2, -0.15) is 13.2 Å². The average molecular weight is 239 g/mol. The van der Waals surface area contributed by atoms with Crippen molar-refractivity contribution in [2.75, 3.05) is 33.2 Å². The number of nitrogens with two attached hydrogens (primary N) is 1. The summed E-state index contributed by atoms with van der Waals surface area (Å²) in [6.07, 6.45) is -5.84. The molecule has 4 nitrogen and oxygen atoms in total. The van der Waals surface area contributed by atoms with Crippen LogP contribution in [-0.4, -0.2) is 61.2 Å². The zero-order valence-electron chi connectivity index (χ0n) is 9.13. The van der Waals surface area contributed by atoms with Gasteiger partial charge in [0.2, 0.25) is 5.91 Å². The fourth-order valence-electron chi connectivity index (χ4n) is 1.81. The lowest BCUT2D eigenvalue weighted by molar-refractivity contribution is -0.164. The zero-order valence-corrected chi connectivity index (χ0v) is 9.13. The molecule has 0 saturated carbocycles. The second-order valence-corrected chi connectivity index (χ2v) is 4.03. The van der Waals surface area contributed by atoms with Gasteiger partial charge in [-0.25, -0.2) is 0 Å². The van der Waals surface area contributed by atoms with Crippen molar-refractivity contribution in [2.24, 2.45) is 5.73 Å². The van der Waals surface area contributed by atoms with E-state index in [2.05, 4.69) is 0 Å². The van der Waals surface area contributed by atoms with Gasteiger partial charge >= 0.3 is 6.18 Å². The van der Waals surface area contributed by atoms with Gasteiger partial charge in [-0.3, -0.25) is 4.79 Å². The first kappa shape index (κ1) is 13.2. The van der Waals surface area contributed by atoms with Crippen LogP contribution >= 0.6 is 0 Å². The van der Waals surface area contributed by atoms with Gasteiger partial charge in [-0.05, 0) is 7.05 Å². The Morgan fingerprint density at radius 3 is 2.56 bits per heavy atom. The summed E-state index contributed by atoms with van der Waals surface area (Å²) in [6, 6.07) is -0.311. The van der Waals surface area contributed by atoms with Crippen LogP contribution in [0.4, 0.5) is 13.2 Å². The molecule has 0 unspecified atom stereocenters. The lowest BCUT2D eigenvalue weighted by Gasteiger charge is -2.39. The van der Waals surface area contributed by atoms with Crippen LogP contribution in [0.1, 0.15) is 6.42 Å². The lowest BCUT2D eigenvalue weighted by atomic mass is 10.1. The van der Waals surface area contributed by atoms with Crippen LogP contribution in [0.25, 0.3) is 0 Å². The number of alkyl halides is 3. The fourth-order valence-corrected chi connectivity index (χ4v) is 1.81. The topological polar surface area (TPSA) is 49.6 Å². The molecule has 1 atom stereocenters. The van der Waals surface area contributed by atoms with Crippen LogP contribution < -0.4 is 5.73 Å². The number of piperazine rings is 1. The molecule has 1 saturated heterocycles. The fraction of sp³-hybridized carbons (Fsp3) is 0.889. The molecule has 1 aliphatic heterocycles. The normalized spacial score (nSPS) is 23.6. The first-order valence-electron chi connectivity index (χ1n) is 5.08. The van der Waals surface area contributed by atoms with E-state index in [0.29, 0.717) is 19.6 Å². The van der Waals surface area contributed by atoms with Gasteiger partial charge in [0.15, 0.2) is 0 Å². The van der Waals surface area contributed by atoms with E-state index in [4.69, 9.17) is 5.73 Å². The summed E-state index contributed by atoms with van der Waals surface area (Å²) >= 11 is 0. The highest BCUT2D eigenvalue weighted by atomic mass is 19.4. The van der Waals surface area contributed by atoms with E-state index >= 15 is 0 Å².